The fraction of sp³-hybridized carbons (Fsp3) is 0.133. The molecule has 1 unspecified atom stereocenters. The van der Waals surface area contributed by atoms with Crippen molar-refractivity contribution in [2.75, 3.05) is 5.32 Å². The van der Waals surface area contributed by atoms with Crippen LogP contribution in [0.25, 0.3) is 0 Å². The van der Waals surface area contributed by atoms with Crippen LogP contribution < -0.4 is 5.32 Å². The van der Waals surface area contributed by atoms with Crippen molar-refractivity contribution in [3.63, 3.8) is 0 Å². The van der Waals surface area contributed by atoms with Gasteiger partial charge in [0.2, 0.25) is 0 Å². The molecule has 2 rings (SSSR count). The molecule has 20 heavy (non-hydrogen) atoms. The van der Waals surface area contributed by atoms with E-state index in [1.165, 1.54) is 0 Å². The summed E-state index contributed by atoms with van der Waals surface area (Å²) in [5, 5.41) is 3.33. The summed E-state index contributed by atoms with van der Waals surface area (Å²) >= 11 is 12.9. The lowest BCUT2D eigenvalue weighted by atomic mass is 10.1. The molecule has 104 valence electrons. The van der Waals surface area contributed by atoms with Gasteiger partial charge < -0.3 is 5.32 Å². The second kappa shape index (κ2) is 6.74. The van der Waals surface area contributed by atoms with Gasteiger partial charge in [0.1, 0.15) is 0 Å². The number of benzene rings is 2. The second-order valence-electron chi connectivity index (χ2n) is 4.28. The highest BCUT2D eigenvalue weighted by molar-refractivity contribution is 9.10. The highest BCUT2D eigenvalue weighted by Gasteiger charge is 2.14. The third-order valence-corrected chi connectivity index (χ3v) is 4.13. The molecule has 0 aliphatic heterocycles. The van der Waals surface area contributed by atoms with E-state index in [-0.39, 0.29) is 10.7 Å². The lowest BCUT2D eigenvalue weighted by Crippen LogP contribution is -2.14. The molecule has 1 atom stereocenters. The van der Waals surface area contributed by atoms with Crippen LogP contribution in [0.5, 0.6) is 0 Å². The number of hydrogen-bond acceptors (Lipinski definition) is 1. The number of anilines is 1. The second-order valence-corrected chi connectivity index (χ2v) is 6.98. The summed E-state index contributed by atoms with van der Waals surface area (Å²) in [4.78, 5) is 12.5. The Morgan fingerprint density at radius 1 is 1.25 bits per heavy atom. The first-order valence-electron chi connectivity index (χ1n) is 5.98. The maximum atomic E-state index is 12.3. The van der Waals surface area contributed by atoms with Crippen LogP contribution in [0.1, 0.15) is 27.7 Å². The minimum atomic E-state index is -0.225. The van der Waals surface area contributed by atoms with E-state index in [0.29, 0.717) is 10.6 Å². The Kier molecular flexibility index (Phi) is 5.24. The minimum absolute atomic E-state index is 0.150. The smallest absolute Gasteiger partial charge is 0.257 e. The summed E-state index contributed by atoms with van der Waals surface area (Å²) in [6, 6.07) is 12.9. The number of nitrogens with one attached hydrogen (secondary N) is 1. The zero-order valence-electron chi connectivity index (χ0n) is 10.7. The summed E-state index contributed by atoms with van der Waals surface area (Å²) in [5.74, 6) is -0.225. The molecule has 2 aromatic carbocycles. The standard InChI is InChI=1S/C15H12Br2ClNO/c1-9(16)11-4-2-3-5-14(11)19-15(20)12-8-10(17)6-7-13(12)18/h2-9H,1H3,(H,19,20). The average molecular weight is 418 g/mol. The van der Waals surface area contributed by atoms with Crippen molar-refractivity contribution in [2.45, 2.75) is 11.8 Å². The Hall–Kier alpha value is -0.840. The predicted molar refractivity (Wildman–Crippen MR) is 90.9 cm³/mol. The average Bonchev–Trinajstić information content (AvgIpc) is 2.41. The van der Waals surface area contributed by atoms with Gasteiger partial charge in [-0.25, -0.2) is 0 Å². The van der Waals surface area contributed by atoms with Crippen molar-refractivity contribution in [1.29, 1.82) is 0 Å². The van der Waals surface area contributed by atoms with E-state index < -0.39 is 0 Å². The van der Waals surface area contributed by atoms with Crippen molar-refractivity contribution in [3.8, 4) is 0 Å². The molecule has 0 saturated heterocycles. The third-order valence-electron chi connectivity index (χ3n) is 2.81. The van der Waals surface area contributed by atoms with Gasteiger partial charge >= 0.3 is 0 Å². The molecule has 0 aliphatic carbocycles. The molecule has 0 saturated carbocycles. The number of alkyl halides is 1. The van der Waals surface area contributed by atoms with Crippen molar-refractivity contribution in [2.24, 2.45) is 0 Å². The van der Waals surface area contributed by atoms with Gasteiger partial charge in [-0.3, -0.25) is 4.79 Å². The van der Waals surface area contributed by atoms with Gasteiger partial charge in [0.15, 0.2) is 0 Å². The molecule has 0 bridgehead atoms. The van der Waals surface area contributed by atoms with Gasteiger partial charge in [0.25, 0.3) is 5.91 Å². The zero-order valence-corrected chi connectivity index (χ0v) is 14.6. The largest absolute Gasteiger partial charge is 0.322 e. The van der Waals surface area contributed by atoms with E-state index in [4.69, 9.17) is 11.6 Å². The van der Waals surface area contributed by atoms with Gasteiger partial charge in [-0.1, -0.05) is 61.7 Å². The molecule has 0 fully saturated rings. The van der Waals surface area contributed by atoms with Crippen LogP contribution in [0, 0.1) is 0 Å². The van der Waals surface area contributed by atoms with Crippen LogP contribution >= 0.6 is 43.5 Å². The Morgan fingerprint density at radius 2 is 1.95 bits per heavy atom. The van der Waals surface area contributed by atoms with Gasteiger partial charge in [0.05, 0.1) is 10.6 Å². The molecule has 2 nitrogen and oxygen atoms in total. The Balaban J connectivity index is 2.31. The molecule has 0 aromatic heterocycles. The van der Waals surface area contributed by atoms with E-state index in [2.05, 4.69) is 37.2 Å². The summed E-state index contributed by atoms with van der Waals surface area (Å²) in [7, 11) is 0. The Bertz CT molecular complexity index is 644. The molecule has 1 N–H and O–H groups in total. The SMILES string of the molecule is CC(Br)c1ccccc1NC(=O)c1cc(Br)ccc1Cl. The number of hydrogen-bond donors (Lipinski definition) is 1. The van der Waals surface area contributed by atoms with Crippen LogP contribution in [0.4, 0.5) is 5.69 Å². The predicted octanol–water partition coefficient (Wildman–Crippen LogP) is 5.81. The summed E-state index contributed by atoms with van der Waals surface area (Å²) < 4.78 is 0.814. The first-order chi connectivity index (χ1) is 9.49. The van der Waals surface area contributed by atoms with Crippen molar-refractivity contribution in [1.82, 2.24) is 0 Å². The van der Waals surface area contributed by atoms with Gasteiger partial charge in [-0.05, 0) is 36.8 Å². The monoisotopic (exact) mass is 415 g/mol. The first kappa shape index (κ1) is 15.5. The van der Waals surface area contributed by atoms with E-state index in [1.807, 2.05) is 31.2 Å². The minimum Gasteiger partial charge on any atom is -0.322 e. The number of para-hydroxylation sites is 1. The highest BCUT2D eigenvalue weighted by Crippen LogP contribution is 2.29. The molecule has 0 aliphatic rings. The van der Waals surface area contributed by atoms with Gasteiger partial charge in [-0.2, -0.15) is 0 Å². The van der Waals surface area contributed by atoms with Crippen LogP contribution in [-0.2, 0) is 0 Å². The number of carbonyl (C=O) groups is 1. The number of rotatable bonds is 3. The number of carbonyl (C=O) groups excluding carboxylic acids is 1. The molecular weight excluding hydrogens is 405 g/mol. The molecule has 1 amide bonds. The fourth-order valence-electron chi connectivity index (χ4n) is 1.82. The van der Waals surface area contributed by atoms with Crippen LogP contribution in [0.2, 0.25) is 5.02 Å². The third kappa shape index (κ3) is 3.62. The molecule has 0 heterocycles. The fourth-order valence-corrected chi connectivity index (χ4v) is 2.78. The topological polar surface area (TPSA) is 29.1 Å². The van der Waals surface area contributed by atoms with Crippen molar-refractivity contribution in [3.05, 3.63) is 63.1 Å². The zero-order chi connectivity index (χ0) is 14.7. The lowest BCUT2D eigenvalue weighted by molar-refractivity contribution is 0.102. The van der Waals surface area contributed by atoms with E-state index in [1.54, 1.807) is 18.2 Å². The maximum absolute atomic E-state index is 12.3. The number of amides is 1. The molecule has 5 heteroatoms. The van der Waals surface area contributed by atoms with Crippen LogP contribution in [-0.4, -0.2) is 5.91 Å². The van der Waals surface area contributed by atoms with Crippen LogP contribution in [0.3, 0.4) is 0 Å². The number of halogens is 3. The Labute approximate surface area is 139 Å². The molecule has 2 aromatic rings. The molecule has 0 spiro atoms. The van der Waals surface area contributed by atoms with E-state index in [0.717, 1.165) is 15.7 Å². The van der Waals surface area contributed by atoms with Crippen LogP contribution in [0.15, 0.2) is 46.9 Å². The molecule has 0 radical (unpaired) electrons. The summed E-state index contributed by atoms with van der Waals surface area (Å²) in [5.41, 5.74) is 2.24. The van der Waals surface area contributed by atoms with Gasteiger partial charge in [-0.15, -0.1) is 0 Å². The van der Waals surface area contributed by atoms with Gasteiger partial charge in [0, 0.05) is 15.0 Å². The highest BCUT2D eigenvalue weighted by atomic mass is 79.9. The Morgan fingerprint density at radius 3 is 2.65 bits per heavy atom. The van der Waals surface area contributed by atoms with Crippen molar-refractivity contribution < 1.29 is 4.79 Å². The van der Waals surface area contributed by atoms with Crippen molar-refractivity contribution >= 4 is 55.1 Å². The van der Waals surface area contributed by atoms with E-state index in [9.17, 15) is 4.79 Å². The molecular formula is C15H12Br2ClNO. The quantitative estimate of drug-likeness (QED) is 0.627. The maximum Gasteiger partial charge on any atom is 0.257 e. The normalized spacial score (nSPS) is 12.0. The lowest BCUT2D eigenvalue weighted by Gasteiger charge is -2.13. The van der Waals surface area contributed by atoms with E-state index >= 15 is 0 Å². The summed E-state index contributed by atoms with van der Waals surface area (Å²) in [6.45, 7) is 2.01. The summed E-state index contributed by atoms with van der Waals surface area (Å²) in [6.07, 6.45) is 0. The first-order valence-corrected chi connectivity index (χ1v) is 8.07.